The Balaban J connectivity index is 1.68. The smallest absolute Gasteiger partial charge is 0.327 e. The lowest BCUT2D eigenvalue weighted by atomic mass is 10.0. The number of phenols is 1. The maximum Gasteiger partial charge on any atom is 0.327 e. The third-order valence-corrected chi connectivity index (χ3v) is 5.65. The minimum absolute atomic E-state index is 0.0264. The monoisotopic (exact) mass is 501 g/mol. The number of hydrogen-bond acceptors (Lipinski definition) is 8. The molecule has 0 saturated heterocycles. The maximum atomic E-state index is 12.5. The quantitative estimate of drug-likeness (QED) is 0.154. The van der Waals surface area contributed by atoms with Crippen molar-refractivity contribution in [1.29, 1.82) is 0 Å². The molecule has 0 aliphatic rings. The molecule has 10 heteroatoms. The zero-order valence-corrected chi connectivity index (χ0v) is 20.0. The summed E-state index contributed by atoms with van der Waals surface area (Å²) >= 11 is 1.20. The van der Waals surface area contributed by atoms with Gasteiger partial charge in [0.2, 0.25) is 5.91 Å². The Morgan fingerprint density at radius 3 is 2.43 bits per heavy atom. The van der Waals surface area contributed by atoms with E-state index < -0.39 is 23.9 Å². The van der Waals surface area contributed by atoms with Crippen LogP contribution in [0.25, 0.3) is 0 Å². The molecule has 1 unspecified atom stereocenters. The molecule has 0 aromatic heterocycles. The third kappa shape index (κ3) is 9.17. The number of aliphatic carboxylic acids is 1. The molecule has 0 spiro atoms. The SMILES string of the molecule is C=C(C)C(=O)NC(CSCCC(=O)OCCOc1ccc(C(=O)c2ccccc2)c(O)c1)C(=O)O. The average Bonchev–Trinajstić information content (AvgIpc) is 2.83. The van der Waals surface area contributed by atoms with Gasteiger partial charge >= 0.3 is 11.9 Å². The molecule has 0 fully saturated rings. The van der Waals surface area contributed by atoms with Crippen molar-refractivity contribution in [3.8, 4) is 11.5 Å². The van der Waals surface area contributed by atoms with Crippen molar-refractivity contribution in [2.24, 2.45) is 0 Å². The van der Waals surface area contributed by atoms with Crippen LogP contribution in [0.15, 0.2) is 60.7 Å². The third-order valence-electron chi connectivity index (χ3n) is 4.59. The van der Waals surface area contributed by atoms with Gasteiger partial charge in [0.25, 0.3) is 0 Å². The van der Waals surface area contributed by atoms with Crippen molar-refractivity contribution >= 4 is 35.4 Å². The number of thioether (sulfide) groups is 1. The van der Waals surface area contributed by atoms with Gasteiger partial charge in [-0.1, -0.05) is 36.9 Å². The second-order valence-electron chi connectivity index (χ2n) is 7.41. The van der Waals surface area contributed by atoms with Crippen LogP contribution in [-0.2, 0) is 19.1 Å². The number of carbonyl (C=O) groups excluding carboxylic acids is 3. The Bertz CT molecular complexity index is 1070. The van der Waals surface area contributed by atoms with Crippen LogP contribution in [0.5, 0.6) is 11.5 Å². The molecule has 0 aliphatic heterocycles. The number of ketones is 1. The number of carboxylic acid groups (broad SMARTS) is 1. The lowest BCUT2D eigenvalue weighted by molar-refractivity contribution is -0.143. The molecule has 0 bridgehead atoms. The predicted molar refractivity (Wildman–Crippen MR) is 131 cm³/mol. The fourth-order valence-corrected chi connectivity index (χ4v) is 3.68. The van der Waals surface area contributed by atoms with Gasteiger partial charge in [0.05, 0.1) is 12.0 Å². The summed E-state index contributed by atoms with van der Waals surface area (Å²) in [7, 11) is 0. The van der Waals surface area contributed by atoms with E-state index in [2.05, 4.69) is 11.9 Å². The number of carboxylic acids is 1. The van der Waals surface area contributed by atoms with Crippen LogP contribution in [0.2, 0.25) is 0 Å². The van der Waals surface area contributed by atoms with Gasteiger partial charge in [-0.25, -0.2) is 4.79 Å². The molecular weight excluding hydrogens is 474 g/mol. The Morgan fingerprint density at radius 2 is 1.80 bits per heavy atom. The number of rotatable bonds is 14. The van der Waals surface area contributed by atoms with Crippen LogP contribution in [0, 0.1) is 0 Å². The predicted octanol–water partition coefficient (Wildman–Crippen LogP) is 2.81. The van der Waals surface area contributed by atoms with Crippen LogP contribution in [0.4, 0.5) is 0 Å². The number of phenolic OH excluding ortho intramolecular Hbond substituents is 1. The zero-order valence-electron chi connectivity index (χ0n) is 19.2. The number of hydrogen-bond donors (Lipinski definition) is 3. The Hall–Kier alpha value is -3.79. The first-order chi connectivity index (χ1) is 16.7. The molecule has 9 nitrogen and oxygen atoms in total. The summed E-state index contributed by atoms with van der Waals surface area (Å²) in [6, 6.07) is 11.8. The van der Waals surface area contributed by atoms with Crippen molar-refractivity contribution in [2.75, 3.05) is 24.7 Å². The molecule has 0 saturated carbocycles. The van der Waals surface area contributed by atoms with E-state index in [1.165, 1.54) is 30.8 Å². The number of carbonyl (C=O) groups is 4. The second-order valence-corrected chi connectivity index (χ2v) is 8.56. The van der Waals surface area contributed by atoms with E-state index in [4.69, 9.17) is 14.6 Å². The number of nitrogens with one attached hydrogen (secondary N) is 1. The first-order valence-electron chi connectivity index (χ1n) is 10.7. The second kappa shape index (κ2) is 13.8. The van der Waals surface area contributed by atoms with Gasteiger partial charge in [0, 0.05) is 28.7 Å². The zero-order chi connectivity index (χ0) is 25.8. The van der Waals surface area contributed by atoms with E-state index in [-0.39, 0.29) is 48.1 Å². The van der Waals surface area contributed by atoms with Crippen molar-refractivity contribution in [3.05, 3.63) is 71.8 Å². The maximum absolute atomic E-state index is 12.5. The Labute approximate surface area is 207 Å². The van der Waals surface area contributed by atoms with Gasteiger partial charge in [-0.2, -0.15) is 11.8 Å². The van der Waals surface area contributed by atoms with Crippen LogP contribution in [0.1, 0.15) is 29.3 Å². The molecule has 2 aromatic rings. The molecule has 186 valence electrons. The van der Waals surface area contributed by atoms with Crippen LogP contribution >= 0.6 is 11.8 Å². The minimum atomic E-state index is -1.17. The molecule has 0 radical (unpaired) electrons. The summed E-state index contributed by atoms with van der Waals surface area (Å²) < 4.78 is 10.5. The molecule has 3 N–H and O–H groups in total. The van der Waals surface area contributed by atoms with Crippen LogP contribution < -0.4 is 10.1 Å². The summed E-state index contributed by atoms with van der Waals surface area (Å²) in [5.74, 6) is -1.99. The molecule has 1 atom stereocenters. The van der Waals surface area contributed by atoms with Gasteiger partial charge in [-0.15, -0.1) is 0 Å². The Morgan fingerprint density at radius 1 is 1.09 bits per heavy atom. The number of benzene rings is 2. The van der Waals surface area contributed by atoms with E-state index in [9.17, 15) is 24.3 Å². The molecule has 0 heterocycles. The minimum Gasteiger partial charge on any atom is -0.507 e. The highest BCUT2D eigenvalue weighted by molar-refractivity contribution is 7.99. The summed E-state index contributed by atoms with van der Waals surface area (Å²) in [4.78, 5) is 47.1. The Kier molecular flexibility index (Phi) is 10.8. The van der Waals surface area contributed by atoms with Gasteiger partial charge in [0.1, 0.15) is 30.8 Å². The molecular formula is C25H27NO8S. The highest BCUT2D eigenvalue weighted by Crippen LogP contribution is 2.26. The van der Waals surface area contributed by atoms with Crippen molar-refractivity contribution in [1.82, 2.24) is 5.32 Å². The summed E-state index contributed by atoms with van der Waals surface area (Å²) in [6.07, 6.45) is 0.0581. The van der Waals surface area contributed by atoms with E-state index >= 15 is 0 Å². The van der Waals surface area contributed by atoms with Crippen molar-refractivity contribution < 1.29 is 38.9 Å². The first kappa shape index (κ1) is 27.5. The van der Waals surface area contributed by atoms with E-state index in [0.717, 1.165) is 0 Å². The molecule has 2 rings (SSSR count). The lowest BCUT2D eigenvalue weighted by Crippen LogP contribution is -2.42. The van der Waals surface area contributed by atoms with Crippen molar-refractivity contribution in [2.45, 2.75) is 19.4 Å². The topological polar surface area (TPSA) is 139 Å². The number of amides is 1. The summed E-state index contributed by atoms with van der Waals surface area (Å²) in [5.41, 5.74) is 0.812. The highest BCUT2D eigenvalue weighted by Gasteiger charge is 2.20. The van der Waals surface area contributed by atoms with E-state index in [1.54, 1.807) is 36.4 Å². The van der Waals surface area contributed by atoms with E-state index in [0.29, 0.717) is 17.1 Å². The van der Waals surface area contributed by atoms with Crippen LogP contribution in [0.3, 0.4) is 0 Å². The molecule has 2 aromatic carbocycles. The van der Waals surface area contributed by atoms with Gasteiger partial charge in [0.15, 0.2) is 5.78 Å². The van der Waals surface area contributed by atoms with Gasteiger partial charge in [-0.05, 0) is 19.1 Å². The first-order valence-corrected chi connectivity index (χ1v) is 11.8. The van der Waals surface area contributed by atoms with Gasteiger partial charge < -0.3 is 25.0 Å². The van der Waals surface area contributed by atoms with E-state index in [1.807, 2.05) is 0 Å². The number of ether oxygens (including phenoxy) is 2. The largest absolute Gasteiger partial charge is 0.507 e. The average molecular weight is 502 g/mol. The molecule has 0 aliphatic carbocycles. The fraction of sp³-hybridized carbons (Fsp3) is 0.280. The highest BCUT2D eigenvalue weighted by atomic mass is 32.2. The van der Waals surface area contributed by atoms with Gasteiger partial charge in [-0.3, -0.25) is 14.4 Å². The van der Waals surface area contributed by atoms with Crippen molar-refractivity contribution in [3.63, 3.8) is 0 Å². The van der Waals surface area contributed by atoms with Crippen LogP contribution in [-0.4, -0.2) is 64.6 Å². The molecule has 1 amide bonds. The number of esters is 1. The lowest BCUT2D eigenvalue weighted by Gasteiger charge is -2.14. The summed E-state index contributed by atoms with van der Waals surface area (Å²) in [5, 5.41) is 21.7. The molecule has 35 heavy (non-hydrogen) atoms. The standard InChI is InChI=1S/C25H27NO8S/c1-16(2)24(30)26-20(25(31)32)15-35-13-10-22(28)34-12-11-33-18-8-9-19(21(27)14-18)23(29)17-6-4-3-5-7-17/h3-9,14,20,27H,1,10-13,15H2,2H3,(H,26,30)(H,31,32). The fourth-order valence-electron chi connectivity index (χ4n) is 2.74. The normalized spacial score (nSPS) is 11.2. The number of aromatic hydroxyl groups is 1. The summed E-state index contributed by atoms with van der Waals surface area (Å²) in [6.45, 7) is 4.95.